The zero-order valence-electron chi connectivity index (χ0n) is 13.7. The largest absolute Gasteiger partial charge is 0.493 e. The second-order valence-electron chi connectivity index (χ2n) is 5.31. The molecule has 0 aliphatic rings. The van der Waals surface area contributed by atoms with Gasteiger partial charge in [-0.2, -0.15) is 5.10 Å². The molecule has 0 unspecified atom stereocenters. The summed E-state index contributed by atoms with van der Waals surface area (Å²) in [5, 5.41) is 6.27. The van der Waals surface area contributed by atoms with Crippen molar-refractivity contribution in [1.82, 2.24) is 5.43 Å². The monoisotopic (exact) mass is 444 g/mol. The van der Waals surface area contributed by atoms with Gasteiger partial charge in [-0.1, -0.05) is 42.5 Å². The average Bonchev–Trinajstić information content (AvgIpc) is 2.63. The molecule has 0 fully saturated rings. The Morgan fingerprint density at radius 1 is 1.12 bits per heavy atom. The highest BCUT2D eigenvalue weighted by molar-refractivity contribution is 14.1. The minimum Gasteiger partial charge on any atom is -0.493 e. The second kappa shape index (κ2) is 8.11. The number of rotatable bonds is 5. The molecule has 0 spiro atoms. The van der Waals surface area contributed by atoms with Crippen molar-refractivity contribution in [3.63, 3.8) is 0 Å². The Morgan fingerprint density at radius 2 is 1.88 bits per heavy atom. The van der Waals surface area contributed by atoms with Gasteiger partial charge < -0.3 is 4.74 Å². The molecule has 0 radical (unpaired) electrons. The number of benzene rings is 3. The Labute approximate surface area is 160 Å². The molecular weight excluding hydrogens is 427 g/mol. The number of hydrogen-bond acceptors (Lipinski definition) is 3. The van der Waals surface area contributed by atoms with Crippen LogP contribution in [0.5, 0.6) is 5.75 Å². The third-order valence-electron chi connectivity index (χ3n) is 3.71. The van der Waals surface area contributed by atoms with Crippen LogP contribution in [0.15, 0.2) is 65.8 Å². The molecule has 0 aliphatic heterocycles. The predicted octanol–water partition coefficient (Wildman–Crippen LogP) is 4.61. The summed E-state index contributed by atoms with van der Waals surface area (Å²) < 4.78 is 6.58. The van der Waals surface area contributed by atoms with Crippen LogP contribution in [0, 0.1) is 3.57 Å². The molecular formula is C20H17IN2O2. The lowest BCUT2D eigenvalue weighted by molar-refractivity contribution is 0.0954. The Balaban J connectivity index is 1.89. The van der Waals surface area contributed by atoms with Crippen LogP contribution in [0.25, 0.3) is 10.8 Å². The maximum Gasteiger partial charge on any atom is 0.272 e. The summed E-state index contributed by atoms with van der Waals surface area (Å²) in [4.78, 5) is 12.3. The number of ether oxygens (including phenoxy) is 1. The first-order chi connectivity index (χ1) is 12.2. The number of carbonyl (C=O) groups excluding carboxylic acids is 1. The number of carbonyl (C=O) groups is 1. The predicted molar refractivity (Wildman–Crippen MR) is 109 cm³/mol. The van der Waals surface area contributed by atoms with Gasteiger partial charge in [-0.3, -0.25) is 4.79 Å². The topological polar surface area (TPSA) is 50.7 Å². The van der Waals surface area contributed by atoms with Gasteiger partial charge >= 0.3 is 0 Å². The van der Waals surface area contributed by atoms with Crippen molar-refractivity contribution in [3.8, 4) is 5.75 Å². The van der Waals surface area contributed by atoms with Crippen LogP contribution in [-0.2, 0) is 0 Å². The number of hydrogen-bond donors (Lipinski definition) is 1. The van der Waals surface area contributed by atoms with E-state index in [1.54, 1.807) is 12.3 Å². The molecule has 25 heavy (non-hydrogen) atoms. The smallest absolute Gasteiger partial charge is 0.272 e. The second-order valence-corrected chi connectivity index (χ2v) is 6.47. The van der Waals surface area contributed by atoms with Crippen LogP contribution in [0.4, 0.5) is 0 Å². The molecule has 0 saturated heterocycles. The minimum atomic E-state index is -0.237. The van der Waals surface area contributed by atoms with E-state index >= 15 is 0 Å². The fraction of sp³-hybridized carbons (Fsp3) is 0.100. The van der Waals surface area contributed by atoms with Crippen molar-refractivity contribution in [2.45, 2.75) is 6.92 Å². The highest BCUT2D eigenvalue weighted by Gasteiger charge is 2.09. The van der Waals surface area contributed by atoms with Gasteiger partial charge in [-0.05, 0) is 58.5 Å². The van der Waals surface area contributed by atoms with Gasteiger partial charge in [0.1, 0.15) is 5.75 Å². The molecule has 126 valence electrons. The summed E-state index contributed by atoms with van der Waals surface area (Å²) >= 11 is 2.13. The maximum absolute atomic E-state index is 12.3. The van der Waals surface area contributed by atoms with Crippen LogP contribution in [0.3, 0.4) is 0 Å². The van der Waals surface area contributed by atoms with Gasteiger partial charge in [0.05, 0.1) is 18.4 Å². The first-order valence-corrected chi connectivity index (χ1v) is 9.01. The highest BCUT2D eigenvalue weighted by atomic mass is 127. The van der Waals surface area contributed by atoms with Crippen LogP contribution in [0.1, 0.15) is 22.8 Å². The SMILES string of the molecule is CCOc1ccc2ccccc2c1/C=N/NC(=O)c1ccccc1I. The third-order valence-corrected chi connectivity index (χ3v) is 4.65. The lowest BCUT2D eigenvalue weighted by Gasteiger charge is -2.10. The fourth-order valence-electron chi connectivity index (χ4n) is 2.55. The zero-order valence-corrected chi connectivity index (χ0v) is 15.9. The molecule has 1 amide bonds. The van der Waals surface area contributed by atoms with Gasteiger partial charge in [-0.25, -0.2) is 5.43 Å². The van der Waals surface area contributed by atoms with E-state index in [1.165, 1.54) is 0 Å². The average molecular weight is 444 g/mol. The van der Waals surface area contributed by atoms with Crippen LogP contribution < -0.4 is 10.2 Å². The quantitative estimate of drug-likeness (QED) is 0.355. The molecule has 0 heterocycles. The third kappa shape index (κ3) is 3.99. The molecule has 0 aliphatic carbocycles. The Kier molecular flexibility index (Phi) is 5.65. The van der Waals surface area contributed by atoms with Crippen LogP contribution in [0.2, 0.25) is 0 Å². The number of nitrogens with one attached hydrogen (secondary N) is 1. The van der Waals surface area contributed by atoms with Crippen molar-refractivity contribution < 1.29 is 9.53 Å². The molecule has 3 aromatic carbocycles. The maximum atomic E-state index is 12.3. The van der Waals surface area contributed by atoms with E-state index in [-0.39, 0.29) is 5.91 Å². The minimum absolute atomic E-state index is 0.237. The van der Waals surface area contributed by atoms with Crippen LogP contribution >= 0.6 is 22.6 Å². The summed E-state index contributed by atoms with van der Waals surface area (Å²) in [5.41, 5.74) is 4.04. The lowest BCUT2D eigenvalue weighted by Crippen LogP contribution is -2.18. The van der Waals surface area contributed by atoms with Gasteiger partial charge in [0.15, 0.2) is 0 Å². The van der Waals surface area contributed by atoms with Gasteiger partial charge in [0.2, 0.25) is 0 Å². The summed E-state index contributed by atoms with van der Waals surface area (Å²) in [7, 11) is 0. The summed E-state index contributed by atoms with van der Waals surface area (Å²) in [6, 6.07) is 19.3. The van der Waals surface area contributed by atoms with E-state index in [0.717, 1.165) is 25.7 Å². The van der Waals surface area contributed by atoms with Crippen molar-refractivity contribution in [2.75, 3.05) is 6.61 Å². The fourth-order valence-corrected chi connectivity index (χ4v) is 3.18. The van der Waals surface area contributed by atoms with Crippen molar-refractivity contribution >= 4 is 45.5 Å². The summed E-state index contributed by atoms with van der Waals surface area (Å²) in [6.45, 7) is 2.50. The number of halogens is 1. The van der Waals surface area contributed by atoms with E-state index in [4.69, 9.17) is 4.74 Å². The molecule has 3 aromatic rings. The Hall–Kier alpha value is -2.41. The first kappa shape index (κ1) is 17.4. The Bertz CT molecular complexity index is 938. The standard InChI is InChI=1S/C20H17IN2O2/c1-2-25-19-12-11-14-7-3-4-8-15(14)17(19)13-22-23-20(24)16-9-5-6-10-18(16)21/h3-13H,2H2,1H3,(H,23,24)/b22-13+. The number of nitrogens with zero attached hydrogens (tertiary/aromatic N) is 1. The molecule has 0 saturated carbocycles. The van der Waals surface area contributed by atoms with E-state index in [1.807, 2.05) is 61.5 Å². The van der Waals surface area contributed by atoms with E-state index in [2.05, 4.69) is 33.1 Å². The van der Waals surface area contributed by atoms with Gasteiger partial charge in [-0.15, -0.1) is 0 Å². The van der Waals surface area contributed by atoms with Crippen LogP contribution in [-0.4, -0.2) is 18.7 Å². The molecule has 3 rings (SSSR count). The summed E-state index contributed by atoms with van der Waals surface area (Å²) in [6.07, 6.45) is 1.64. The van der Waals surface area contributed by atoms with Crippen molar-refractivity contribution in [3.05, 3.63) is 75.4 Å². The molecule has 1 N–H and O–H groups in total. The van der Waals surface area contributed by atoms with E-state index in [0.29, 0.717) is 12.2 Å². The summed E-state index contributed by atoms with van der Waals surface area (Å²) in [5.74, 6) is 0.507. The lowest BCUT2D eigenvalue weighted by atomic mass is 10.0. The molecule has 0 atom stereocenters. The number of fused-ring (bicyclic) bond motifs is 1. The highest BCUT2D eigenvalue weighted by Crippen LogP contribution is 2.26. The number of amides is 1. The van der Waals surface area contributed by atoms with Crippen molar-refractivity contribution in [2.24, 2.45) is 5.10 Å². The van der Waals surface area contributed by atoms with Gasteiger partial charge in [0.25, 0.3) is 5.91 Å². The van der Waals surface area contributed by atoms with Crippen molar-refractivity contribution in [1.29, 1.82) is 0 Å². The number of hydrazone groups is 1. The van der Waals surface area contributed by atoms with Gasteiger partial charge in [0, 0.05) is 9.13 Å². The first-order valence-electron chi connectivity index (χ1n) is 7.93. The molecule has 4 nitrogen and oxygen atoms in total. The zero-order chi connectivity index (χ0) is 17.6. The van der Waals surface area contributed by atoms with E-state index < -0.39 is 0 Å². The molecule has 0 bridgehead atoms. The molecule has 0 aromatic heterocycles. The van der Waals surface area contributed by atoms with E-state index in [9.17, 15) is 4.79 Å². The Morgan fingerprint density at radius 3 is 2.68 bits per heavy atom. The normalized spacial score (nSPS) is 11.0. The molecule has 5 heteroatoms.